The van der Waals surface area contributed by atoms with Gasteiger partial charge >= 0.3 is 0 Å². The van der Waals surface area contributed by atoms with E-state index in [1.165, 1.54) is 11.1 Å². The van der Waals surface area contributed by atoms with Gasteiger partial charge in [0.05, 0.1) is 0 Å². The molecule has 1 N–H and O–H groups in total. The normalized spacial score (nSPS) is 10.9. The maximum Gasteiger partial charge on any atom is 0.193 e. The average Bonchev–Trinajstić information content (AvgIpc) is 2.57. The van der Waals surface area contributed by atoms with Crippen molar-refractivity contribution in [1.29, 1.82) is 0 Å². The Bertz CT molecular complexity index is 628. The maximum absolute atomic E-state index is 4.73. The van der Waals surface area contributed by atoms with Crippen molar-refractivity contribution in [3.63, 3.8) is 0 Å². The fourth-order valence-corrected chi connectivity index (χ4v) is 2.41. The molecule has 0 fully saturated rings. The Labute approximate surface area is 162 Å². The van der Waals surface area contributed by atoms with Gasteiger partial charge in [-0.1, -0.05) is 30.3 Å². The van der Waals surface area contributed by atoms with E-state index in [9.17, 15) is 0 Å². The SMILES string of the molecule is CCNC(=NCCc1ccccn1)N(C)Cc1ccccc1C.I. The Balaban J connectivity index is 0.00000288. The van der Waals surface area contributed by atoms with Gasteiger partial charge in [-0.3, -0.25) is 9.98 Å². The van der Waals surface area contributed by atoms with E-state index < -0.39 is 0 Å². The van der Waals surface area contributed by atoms with Crippen LogP contribution in [-0.4, -0.2) is 36.0 Å². The van der Waals surface area contributed by atoms with Crippen LogP contribution in [0, 0.1) is 6.92 Å². The van der Waals surface area contributed by atoms with Crippen molar-refractivity contribution in [2.24, 2.45) is 4.99 Å². The standard InChI is InChI=1S/C19H26N4.HI/c1-4-20-19(22-14-12-18-11-7-8-13-21-18)23(3)15-17-10-6-5-9-16(17)2;/h5-11,13H,4,12,14-15H2,1-3H3,(H,20,22);1H. The number of nitrogens with one attached hydrogen (secondary N) is 1. The molecule has 0 bridgehead atoms. The highest BCUT2D eigenvalue weighted by Crippen LogP contribution is 2.09. The number of benzene rings is 1. The zero-order valence-electron chi connectivity index (χ0n) is 14.7. The van der Waals surface area contributed by atoms with Gasteiger partial charge in [0, 0.05) is 45.0 Å². The number of hydrogen-bond donors (Lipinski definition) is 1. The molecule has 130 valence electrons. The van der Waals surface area contributed by atoms with Crippen LogP contribution in [0.2, 0.25) is 0 Å². The first kappa shape index (κ1) is 20.4. The third-order valence-electron chi connectivity index (χ3n) is 3.72. The molecule has 1 aromatic carbocycles. The number of pyridine rings is 1. The number of hydrogen-bond acceptors (Lipinski definition) is 2. The monoisotopic (exact) mass is 438 g/mol. The van der Waals surface area contributed by atoms with Crippen LogP contribution in [0.3, 0.4) is 0 Å². The van der Waals surface area contributed by atoms with Crippen molar-refractivity contribution in [3.8, 4) is 0 Å². The van der Waals surface area contributed by atoms with Gasteiger partial charge in [-0.2, -0.15) is 0 Å². The first-order valence-electron chi connectivity index (χ1n) is 8.14. The van der Waals surface area contributed by atoms with Gasteiger partial charge in [-0.25, -0.2) is 0 Å². The van der Waals surface area contributed by atoms with Crippen LogP contribution in [-0.2, 0) is 13.0 Å². The molecule has 5 heteroatoms. The predicted molar refractivity (Wildman–Crippen MR) is 112 cm³/mol. The molecule has 0 aliphatic rings. The quantitative estimate of drug-likeness (QED) is 0.425. The number of rotatable bonds is 6. The molecular weight excluding hydrogens is 411 g/mol. The molecule has 4 nitrogen and oxygen atoms in total. The fraction of sp³-hybridized carbons (Fsp3) is 0.368. The fourth-order valence-electron chi connectivity index (χ4n) is 2.41. The molecule has 1 heterocycles. The Kier molecular flexibility index (Phi) is 9.37. The lowest BCUT2D eigenvalue weighted by Gasteiger charge is -2.23. The van der Waals surface area contributed by atoms with Crippen LogP contribution in [0.15, 0.2) is 53.7 Å². The molecule has 0 aliphatic heterocycles. The van der Waals surface area contributed by atoms with Crippen molar-refractivity contribution < 1.29 is 0 Å². The average molecular weight is 438 g/mol. The summed E-state index contributed by atoms with van der Waals surface area (Å²) in [6.45, 7) is 6.68. The Hall–Kier alpha value is -1.63. The zero-order chi connectivity index (χ0) is 16.5. The zero-order valence-corrected chi connectivity index (χ0v) is 17.0. The van der Waals surface area contributed by atoms with Gasteiger partial charge in [0.2, 0.25) is 0 Å². The van der Waals surface area contributed by atoms with E-state index >= 15 is 0 Å². The number of guanidine groups is 1. The topological polar surface area (TPSA) is 40.5 Å². The van der Waals surface area contributed by atoms with Crippen molar-refractivity contribution in [2.45, 2.75) is 26.8 Å². The largest absolute Gasteiger partial charge is 0.357 e. The van der Waals surface area contributed by atoms with E-state index in [2.05, 4.69) is 60.4 Å². The van der Waals surface area contributed by atoms with Crippen molar-refractivity contribution in [2.75, 3.05) is 20.1 Å². The van der Waals surface area contributed by atoms with E-state index in [0.717, 1.165) is 37.7 Å². The summed E-state index contributed by atoms with van der Waals surface area (Å²) in [5.41, 5.74) is 3.71. The molecule has 1 aromatic heterocycles. The number of aliphatic imine (C=N–C) groups is 1. The Morgan fingerprint density at radius 1 is 1.17 bits per heavy atom. The predicted octanol–water partition coefficient (Wildman–Crippen LogP) is 3.65. The minimum absolute atomic E-state index is 0. The summed E-state index contributed by atoms with van der Waals surface area (Å²) in [6.07, 6.45) is 2.68. The highest BCUT2D eigenvalue weighted by atomic mass is 127. The molecule has 0 amide bonds. The summed E-state index contributed by atoms with van der Waals surface area (Å²) in [5.74, 6) is 0.937. The molecule has 0 atom stereocenters. The van der Waals surface area contributed by atoms with Crippen LogP contribution < -0.4 is 5.32 Å². The van der Waals surface area contributed by atoms with Gasteiger partial charge in [0.1, 0.15) is 0 Å². The van der Waals surface area contributed by atoms with Crippen molar-refractivity contribution >= 4 is 29.9 Å². The van der Waals surface area contributed by atoms with E-state index in [1.807, 2.05) is 24.4 Å². The van der Waals surface area contributed by atoms with Crippen molar-refractivity contribution in [3.05, 3.63) is 65.5 Å². The second-order valence-corrected chi connectivity index (χ2v) is 5.59. The summed E-state index contributed by atoms with van der Waals surface area (Å²) in [6, 6.07) is 14.5. The third-order valence-corrected chi connectivity index (χ3v) is 3.72. The third kappa shape index (κ3) is 6.47. The molecule has 0 aliphatic carbocycles. The summed E-state index contributed by atoms with van der Waals surface area (Å²) < 4.78 is 0. The lowest BCUT2D eigenvalue weighted by atomic mass is 10.1. The van der Waals surface area contributed by atoms with E-state index in [0.29, 0.717) is 0 Å². The van der Waals surface area contributed by atoms with Crippen LogP contribution in [0.25, 0.3) is 0 Å². The smallest absolute Gasteiger partial charge is 0.193 e. The summed E-state index contributed by atoms with van der Waals surface area (Å²) in [4.78, 5) is 11.2. The number of nitrogens with zero attached hydrogens (tertiary/aromatic N) is 3. The van der Waals surface area contributed by atoms with Crippen LogP contribution in [0.1, 0.15) is 23.7 Å². The molecular formula is C19H27IN4. The van der Waals surface area contributed by atoms with E-state index in [1.54, 1.807) is 0 Å². The van der Waals surface area contributed by atoms with Gasteiger partial charge in [-0.15, -0.1) is 24.0 Å². The summed E-state index contributed by atoms with van der Waals surface area (Å²) >= 11 is 0. The van der Waals surface area contributed by atoms with Crippen molar-refractivity contribution in [1.82, 2.24) is 15.2 Å². The van der Waals surface area contributed by atoms with E-state index in [-0.39, 0.29) is 24.0 Å². The van der Waals surface area contributed by atoms with Gasteiger partial charge in [0.25, 0.3) is 0 Å². The lowest BCUT2D eigenvalue weighted by Crippen LogP contribution is -2.38. The first-order chi connectivity index (χ1) is 11.2. The van der Waals surface area contributed by atoms with E-state index in [4.69, 9.17) is 4.99 Å². The molecule has 0 unspecified atom stereocenters. The Morgan fingerprint density at radius 2 is 1.92 bits per heavy atom. The highest BCUT2D eigenvalue weighted by Gasteiger charge is 2.07. The molecule has 2 rings (SSSR count). The second kappa shape index (κ2) is 11.0. The van der Waals surface area contributed by atoms with Gasteiger partial charge in [-0.05, 0) is 37.1 Å². The molecule has 2 aromatic rings. The molecule has 0 saturated carbocycles. The maximum atomic E-state index is 4.73. The number of aryl methyl sites for hydroxylation is 1. The second-order valence-electron chi connectivity index (χ2n) is 5.59. The lowest BCUT2D eigenvalue weighted by molar-refractivity contribution is 0.475. The minimum atomic E-state index is 0. The molecule has 0 saturated heterocycles. The summed E-state index contributed by atoms with van der Waals surface area (Å²) in [5, 5.41) is 3.36. The minimum Gasteiger partial charge on any atom is -0.357 e. The van der Waals surface area contributed by atoms with Gasteiger partial charge < -0.3 is 10.2 Å². The number of halogens is 1. The molecule has 24 heavy (non-hydrogen) atoms. The van der Waals surface area contributed by atoms with Crippen LogP contribution in [0.4, 0.5) is 0 Å². The first-order valence-corrected chi connectivity index (χ1v) is 8.14. The number of aromatic nitrogens is 1. The Morgan fingerprint density at radius 3 is 2.58 bits per heavy atom. The van der Waals surface area contributed by atoms with Crippen LogP contribution >= 0.6 is 24.0 Å². The highest BCUT2D eigenvalue weighted by molar-refractivity contribution is 14.0. The molecule has 0 radical (unpaired) electrons. The molecule has 0 spiro atoms. The summed E-state index contributed by atoms with van der Waals surface area (Å²) in [7, 11) is 2.08. The van der Waals surface area contributed by atoms with Gasteiger partial charge in [0.15, 0.2) is 5.96 Å². The van der Waals surface area contributed by atoms with Crippen LogP contribution in [0.5, 0.6) is 0 Å².